The molecule has 1 aliphatic heterocycles. The summed E-state index contributed by atoms with van der Waals surface area (Å²) in [6, 6.07) is 19.7. The summed E-state index contributed by atoms with van der Waals surface area (Å²) in [5.41, 5.74) is 1.90. The van der Waals surface area contributed by atoms with Gasteiger partial charge >= 0.3 is 0 Å². The van der Waals surface area contributed by atoms with Crippen molar-refractivity contribution in [3.8, 4) is 28.5 Å². The summed E-state index contributed by atoms with van der Waals surface area (Å²) in [7, 11) is 1.80. The van der Waals surface area contributed by atoms with E-state index < -0.39 is 0 Å². The number of aromatic nitrogens is 2. The van der Waals surface area contributed by atoms with Crippen LogP contribution in [0.1, 0.15) is 16.8 Å². The summed E-state index contributed by atoms with van der Waals surface area (Å²) in [5.74, 6) is 1.96. The predicted molar refractivity (Wildman–Crippen MR) is 126 cm³/mol. The minimum atomic E-state index is -0.202. The number of hydrogen-bond donors (Lipinski definition) is 1. The number of fused-ring (bicyclic) bond motifs is 2. The van der Waals surface area contributed by atoms with Crippen molar-refractivity contribution >= 4 is 16.7 Å². The van der Waals surface area contributed by atoms with E-state index in [1.807, 2.05) is 54.6 Å². The van der Waals surface area contributed by atoms with Gasteiger partial charge < -0.3 is 19.5 Å². The number of nitrogens with one attached hydrogen (secondary N) is 1. The molecule has 0 saturated carbocycles. The molecule has 2 heterocycles. The van der Waals surface area contributed by atoms with Crippen molar-refractivity contribution < 1.29 is 19.0 Å². The summed E-state index contributed by atoms with van der Waals surface area (Å²) in [5, 5.41) is 9.72. The van der Waals surface area contributed by atoms with Crippen molar-refractivity contribution in [2.75, 3.05) is 26.4 Å². The SMILES string of the molecule is Cn1cc(C(=O)NCCOc2ccc3ccccc3c2)c(-c2ccc3c(c2)OCCCO3)n1. The molecule has 5 rings (SSSR count). The Hall–Kier alpha value is -4.00. The molecule has 0 spiro atoms. The highest BCUT2D eigenvalue weighted by Gasteiger charge is 2.19. The molecule has 7 nitrogen and oxygen atoms in total. The third kappa shape index (κ3) is 4.62. The largest absolute Gasteiger partial charge is 0.492 e. The van der Waals surface area contributed by atoms with Crippen LogP contribution in [0.3, 0.4) is 0 Å². The maximum atomic E-state index is 12.9. The van der Waals surface area contributed by atoms with Crippen LogP contribution in [0, 0.1) is 0 Å². The van der Waals surface area contributed by atoms with Crippen LogP contribution in [0.2, 0.25) is 0 Å². The van der Waals surface area contributed by atoms with Crippen molar-refractivity contribution in [3.63, 3.8) is 0 Å². The first-order chi connectivity index (χ1) is 16.2. The van der Waals surface area contributed by atoms with Gasteiger partial charge in [-0.15, -0.1) is 0 Å². The van der Waals surface area contributed by atoms with E-state index in [2.05, 4.69) is 16.5 Å². The molecule has 4 aromatic rings. The molecule has 1 aromatic heterocycles. The Balaban J connectivity index is 1.24. The van der Waals surface area contributed by atoms with E-state index in [4.69, 9.17) is 14.2 Å². The van der Waals surface area contributed by atoms with Gasteiger partial charge in [0.05, 0.1) is 25.3 Å². The minimum absolute atomic E-state index is 0.202. The monoisotopic (exact) mass is 443 g/mol. The first-order valence-corrected chi connectivity index (χ1v) is 11.0. The number of carbonyl (C=O) groups excluding carboxylic acids is 1. The number of rotatable bonds is 6. The first kappa shape index (κ1) is 20.9. The summed E-state index contributed by atoms with van der Waals surface area (Å²) in [6.07, 6.45) is 2.56. The van der Waals surface area contributed by atoms with Gasteiger partial charge in [-0.05, 0) is 41.1 Å². The van der Waals surface area contributed by atoms with E-state index in [1.165, 1.54) is 0 Å². The molecule has 7 heteroatoms. The molecular formula is C26H25N3O4. The van der Waals surface area contributed by atoms with E-state index in [9.17, 15) is 4.79 Å². The van der Waals surface area contributed by atoms with Crippen LogP contribution in [0.25, 0.3) is 22.0 Å². The lowest BCUT2D eigenvalue weighted by Gasteiger charge is -2.10. The Morgan fingerprint density at radius 1 is 1.03 bits per heavy atom. The number of ether oxygens (including phenoxy) is 3. The molecule has 0 bridgehead atoms. The highest BCUT2D eigenvalue weighted by atomic mass is 16.5. The van der Waals surface area contributed by atoms with Crippen molar-refractivity contribution in [3.05, 3.63) is 72.4 Å². The third-order valence-electron chi connectivity index (χ3n) is 5.47. The molecule has 3 aromatic carbocycles. The van der Waals surface area contributed by atoms with Gasteiger partial charge in [0, 0.05) is 25.2 Å². The molecule has 1 amide bonds. The zero-order valence-corrected chi connectivity index (χ0v) is 18.4. The summed E-state index contributed by atoms with van der Waals surface area (Å²) in [4.78, 5) is 12.9. The van der Waals surface area contributed by atoms with Gasteiger partial charge in [-0.3, -0.25) is 9.48 Å². The Morgan fingerprint density at radius 3 is 2.73 bits per heavy atom. The van der Waals surface area contributed by atoms with E-state index >= 15 is 0 Å². The Morgan fingerprint density at radius 2 is 1.85 bits per heavy atom. The van der Waals surface area contributed by atoms with E-state index in [1.54, 1.807) is 17.9 Å². The fourth-order valence-corrected chi connectivity index (χ4v) is 3.86. The van der Waals surface area contributed by atoms with Crippen LogP contribution in [0.15, 0.2) is 66.9 Å². The van der Waals surface area contributed by atoms with Gasteiger partial charge in [0.1, 0.15) is 18.1 Å². The number of hydrogen-bond acceptors (Lipinski definition) is 5. The Labute approximate surface area is 191 Å². The molecule has 1 N–H and O–H groups in total. The number of carbonyl (C=O) groups is 1. The zero-order chi connectivity index (χ0) is 22.6. The Bertz CT molecular complexity index is 1300. The molecule has 0 fully saturated rings. The lowest BCUT2D eigenvalue weighted by atomic mass is 10.1. The lowest BCUT2D eigenvalue weighted by molar-refractivity contribution is 0.0947. The standard InChI is InChI=1S/C26H25N3O4/c1-29-17-22(25(28-29)20-8-10-23-24(16-20)33-13-4-12-32-23)26(30)27-11-14-31-21-9-7-18-5-2-3-6-19(18)15-21/h2-3,5-10,15-17H,4,11-14H2,1H3,(H,27,30). The van der Waals surface area contributed by atoms with Gasteiger partial charge in [0.2, 0.25) is 0 Å². The number of amides is 1. The highest BCUT2D eigenvalue weighted by molar-refractivity contribution is 6.00. The normalized spacial score (nSPS) is 12.9. The Kier molecular flexibility index (Phi) is 5.85. The van der Waals surface area contributed by atoms with Crippen molar-refractivity contribution in [1.82, 2.24) is 15.1 Å². The van der Waals surface area contributed by atoms with Gasteiger partial charge in [-0.25, -0.2) is 0 Å². The lowest BCUT2D eigenvalue weighted by Crippen LogP contribution is -2.28. The van der Waals surface area contributed by atoms with E-state index in [-0.39, 0.29) is 5.91 Å². The maximum absolute atomic E-state index is 12.9. The highest BCUT2D eigenvalue weighted by Crippen LogP contribution is 2.34. The zero-order valence-electron chi connectivity index (χ0n) is 18.4. The second-order valence-corrected chi connectivity index (χ2v) is 7.89. The summed E-state index contributed by atoms with van der Waals surface area (Å²) >= 11 is 0. The van der Waals surface area contributed by atoms with Crippen LogP contribution in [0.5, 0.6) is 17.2 Å². The predicted octanol–water partition coefficient (Wildman–Crippen LogP) is 4.21. The van der Waals surface area contributed by atoms with E-state index in [0.717, 1.165) is 28.5 Å². The van der Waals surface area contributed by atoms with Gasteiger partial charge in [0.15, 0.2) is 11.5 Å². The molecule has 168 valence electrons. The van der Waals surface area contributed by atoms with Crippen LogP contribution >= 0.6 is 0 Å². The number of benzene rings is 3. The number of aryl methyl sites for hydroxylation is 1. The fourth-order valence-electron chi connectivity index (χ4n) is 3.86. The molecule has 0 radical (unpaired) electrons. The first-order valence-electron chi connectivity index (χ1n) is 11.0. The smallest absolute Gasteiger partial charge is 0.255 e. The summed E-state index contributed by atoms with van der Waals surface area (Å²) < 4.78 is 19.0. The van der Waals surface area contributed by atoms with Crippen molar-refractivity contribution in [2.24, 2.45) is 7.05 Å². The average molecular weight is 444 g/mol. The summed E-state index contributed by atoms with van der Waals surface area (Å²) in [6.45, 7) is 1.97. The molecular weight excluding hydrogens is 418 g/mol. The topological polar surface area (TPSA) is 74.6 Å². The fraction of sp³-hybridized carbons (Fsp3) is 0.231. The van der Waals surface area contributed by atoms with Crippen molar-refractivity contribution in [2.45, 2.75) is 6.42 Å². The molecule has 33 heavy (non-hydrogen) atoms. The number of nitrogens with zero attached hydrogens (tertiary/aromatic N) is 2. The maximum Gasteiger partial charge on any atom is 0.255 e. The van der Waals surface area contributed by atoms with Crippen molar-refractivity contribution in [1.29, 1.82) is 0 Å². The quantitative estimate of drug-likeness (QED) is 0.452. The second-order valence-electron chi connectivity index (χ2n) is 7.89. The van der Waals surface area contributed by atoms with Gasteiger partial charge in [0.25, 0.3) is 5.91 Å². The molecule has 0 aliphatic carbocycles. The molecule has 0 unspecified atom stereocenters. The minimum Gasteiger partial charge on any atom is -0.492 e. The average Bonchev–Trinajstić information content (AvgIpc) is 3.08. The van der Waals surface area contributed by atoms with E-state index in [0.29, 0.717) is 49.1 Å². The van der Waals surface area contributed by atoms with Crippen LogP contribution in [-0.4, -0.2) is 42.1 Å². The molecule has 0 saturated heterocycles. The molecule has 1 aliphatic rings. The third-order valence-corrected chi connectivity index (χ3v) is 5.47. The molecule has 0 atom stereocenters. The van der Waals surface area contributed by atoms with Crippen LogP contribution in [0.4, 0.5) is 0 Å². The van der Waals surface area contributed by atoms with Gasteiger partial charge in [-0.2, -0.15) is 5.10 Å². The second kappa shape index (κ2) is 9.24. The van der Waals surface area contributed by atoms with Crippen LogP contribution in [-0.2, 0) is 7.05 Å². The van der Waals surface area contributed by atoms with Crippen LogP contribution < -0.4 is 19.5 Å². The van der Waals surface area contributed by atoms with Gasteiger partial charge in [-0.1, -0.05) is 30.3 Å².